The van der Waals surface area contributed by atoms with Gasteiger partial charge in [-0.1, -0.05) is 25.3 Å². The fourth-order valence-electron chi connectivity index (χ4n) is 4.49. The number of aryl methyl sites for hydroxylation is 1. The van der Waals surface area contributed by atoms with Crippen LogP contribution in [0.15, 0.2) is 61.1 Å². The minimum absolute atomic E-state index is 0.0791. The first-order chi connectivity index (χ1) is 15.6. The average Bonchev–Trinajstić information content (AvgIpc) is 3.25. The molecule has 1 aliphatic rings. The molecule has 0 aliphatic heterocycles. The number of rotatable bonds is 4. The van der Waals surface area contributed by atoms with E-state index < -0.39 is 0 Å². The summed E-state index contributed by atoms with van der Waals surface area (Å²) >= 11 is 0. The lowest BCUT2D eigenvalue weighted by atomic mass is 9.95. The maximum Gasteiger partial charge on any atom is 0.255 e. The van der Waals surface area contributed by atoms with Gasteiger partial charge in [-0.25, -0.2) is 8.91 Å². The van der Waals surface area contributed by atoms with Gasteiger partial charge < -0.3 is 5.32 Å². The number of nitrogens with one attached hydrogen (secondary N) is 1. The summed E-state index contributed by atoms with van der Waals surface area (Å²) in [7, 11) is 0. The Morgan fingerprint density at radius 3 is 2.75 bits per heavy atom. The van der Waals surface area contributed by atoms with Crippen molar-refractivity contribution in [3.05, 3.63) is 78.0 Å². The van der Waals surface area contributed by atoms with E-state index >= 15 is 0 Å². The first-order valence-electron chi connectivity index (χ1n) is 11.1. The third kappa shape index (κ3) is 3.88. The van der Waals surface area contributed by atoms with Gasteiger partial charge in [-0.15, -0.1) is 0 Å². The molecule has 0 bridgehead atoms. The number of carbonyl (C=O) groups excluding carboxylic acids is 1. The number of benzene rings is 1. The Balaban J connectivity index is 1.52. The molecular weight excluding hydrogens is 403 g/mol. The maximum absolute atomic E-state index is 13.8. The van der Waals surface area contributed by atoms with Gasteiger partial charge in [0, 0.05) is 29.6 Å². The van der Waals surface area contributed by atoms with Crippen LogP contribution >= 0.6 is 0 Å². The van der Waals surface area contributed by atoms with E-state index in [0.717, 1.165) is 53.6 Å². The first-order valence-corrected chi connectivity index (χ1v) is 11.1. The van der Waals surface area contributed by atoms with Crippen LogP contribution in [0, 0.1) is 12.7 Å². The molecule has 0 saturated heterocycles. The quantitative estimate of drug-likeness (QED) is 0.462. The van der Waals surface area contributed by atoms with Crippen molar-refractivity contribution in [3.8, 4) is 22.4 Å². The van der Waals surface area contributed by atoms with Gasteiger partial charge in [0.15, 0.2) is 0 Å². The second-order valence-corrected chi connectivity index (χ2v) is 8.48. The molecule has 1 saturated carbocycles. The fourth-order valence-corrected chi connectivity index (χ4v) is 4.49. The summed E-state index contributed by atoms with van der Waals surface area (Å²) in [6, 6.07) is 13.1. The SMILES string of the molecule is Cc1cc(-c2ncccc2-c2ccn3ncc(C(=O)NC4CCCCC4)c3c2)ccc1F. The van der Waals surface area contributed by atoms with Crippen LogP contribution in [0.4, 0.5) is 4.39 Å². The van der Waals surface area contributed by atoms with Crippen LogP contribution in [0.1, 0.15) is 48.0 Å². The van der Waals surface area contributed by atoms with Crippen LogP contribution in [0.25, 0.3) is 27.9 Å². The molecule has 4 aromatic rings. The van der Waals surface area contributed by atoms with Gasteiger partial charge in [-0.3, -0.25) is 9.78 Å². The van der Waals surface area contributed by atoms with Gasteiger partial charge in [0.1, 0.15) is 5.82 Å². The lowest BCUT2D eigenvalue weighted by Crippen LogP contribution is -2.36. The maximum atomic E-state index is 13.8. The highest BCUT2D eigenvalue weighted by Crippen LogP contribution is 2.32. The third-order valence-electron chi connectivity index (χ3n) is 6.26. The molecule has 0 spiro atoms. The largest absolute Gasteiger partial charge is 0.349 e. The summed E-state index contributed by atoms with van der Waals surface area (Å²) in [5, 5.41) is 7.55. The van der Waals surface area contributed by atoms with Crippen LogP contribution < -0.4 is 5.32 Å². The van der Waals surface area contributed by atoms with Crippen molar-refractivity contribution in [2.24, 2.45) is 0 Å². The van der Waals surface area contributed by atoms with Crippen molar-refractivity contribution in [3.63, 3.8) is 0 Å². The minimum Gasteiger partial charge on any atom is -0.349 e. The number of hydrogen-bond acceptors (Lipinski definition) is 3. The molecule has 32 heavy (non-hydrogen) atoms. The van der Waals surface area contributed by atoms with Gasteiger partial charge in [0.05, 0.1) is 23.0 Å². The monoisotopic (exact) mass is 428 g/mol. The van der Waals surface area contributed by atoms with E-state index in [1.54, 1.807) is 29.9 Å². The van der Waals surface area contributed by atoms with E-state index in [1.165, 1.54) is 12.5 Å². The molecule has 5 nitrogen and oxygen atoms in total. The summed E-state index contributed by atoms with van der Waals surface area (Å²) in [5.74, 6) is -0.315. The summed E-state index contributed by atoms with van der Waals surface area (Å²) < 4.78 is 15.5. The predicted octanol–water partition coefficient (Wildman–Crippen LogP) is 5.57. The number of hydrogen-bond donors (Lipinski definition) is 1. The molecule has 0 unspecified atom stereocenters. The highest BCUT2D eigenvalue weighted by Gasteiger charge is 2.20. The van der Waals surface area contributed by atoms with E-state index in [2.05, 4.69) is 15.4 Å². The van der Waals surface area contributed by atoms with E-state index in [9.17, 15) is 9.18 Å². The number of amides is 1. The van der Waals surface area contributed by atoms with Gasteiger partial charge in [0.25, 0.3) is 5.91 Å². The Morgan fingerprint density at radius 1 is 1.09 bits per heavy atom. The van der Waals surface area contributed by atoms with Crippen LogP contribution in [0.5, 0.6) is 0 Å². The molecule has 0 atom stereocenters. The smallest absolute Gasteiger partial charge is 0.255 e. The number of carbonyl (C=O) groups is 1. The van der Waals surface area contributed by atoms with Crippen molar-refractivity contribution >= 4 is 11.4 Å². The summed E-state index contributed by atoms with van der Waals surface area (Å²) in [5.41, 5.74) is 5.36. The Morgan fingerprint density at radius 2 is 1.94 bits per heavy atom. The van der Waals surface area contributed by atoms with Gasteiger partial charge in [0.2, 0.25) is 0 Å². The number of fused-ring (bicyclic) bond motifs is 1. The van der Waals surface area contributed by atoms with Crippen molar-refractivity contribution in [2.75, 3.05) is 0 Å². The minimum atomic E-state index is -0.236. The second kappa shape index (κ2) is 8.54. The van der Waals surface area contributed by atoms with Crippen molar-refractivity contribution in [1.29, 1.82) is 0 Å². The van der Waals surface area contributed by atoms with Gasteiger partial charge in [-0.05, 0) is 67.3 Å². The standard InChI is InChI=1S/C26H25FN4O/c1-17-14-19(9-10-23(17)27)25-21(8-5-12-28-25)18-11-13-31-24(15-18)22(16-29-31)26(32)30-20-6-3-2-4-7-20/h5,8-16,20H,2-4,6-7H2,1H3,(H,30,32). The molecule has 3 aromatic heterocycles. The molecule has 1 amide bonds. The summed E-state index contributed by atoms with van der Waals surface area (Å²) in [6.07, 6.45) is 10.9. The molecular formula is C26H25FN4O. The van der Waals surface area contributed by atoms with Crippen LogP contribution in [-0.2, 0) is 0 Å². The van der Waals surface area contributed by atoms with Crippen LogP contribution in [-0.4, -0.2) is 26.5 Å². The molecule has 1 N–H and O–H groups in total. The van der Waals surface area contributed by atoms with Crippen molar-refractivity contribution in [1.82, 2.24) is 19.9 Å². The lowest BCUT2D eigenvalue weighted by Gasteiger charge is -2.22. The first kappa shape index (κ1) is 20.4. The molecule has 3 heterocycles. The number of pyridine rings is 2. The van der Waals surface area contributed by atoms with Crippen LogP contribution in [0.3, 0.4) is 0 Å². The zero-order valence-corrected chi connectivity index (χ0v) is 18.0. The van der Waals surface area contributed by atoms with Gasteiger partial charge >= 0.3 is 0 Å². The Bertz CT molecular complexity index is 1290. The highest BCUT2D eigenvalue weighted by molar-refractivity contribution is 6.01. The molecule has 0 radical (unpaired) electrons. The summed E-state index contributed by atoms with van der Waals surface area (Å²) in [6.45, 7) is 1.75. The predicted molar refractivity (Wildman–Crippen MR) is 123 cm³/mol. The Labute approximate surface area is 186 Å². The molecule has 1 aromatic carbocycles. The molecule has 1 aliphatic carbocycles. The lowest BCUT2D eigenvalue weighted by molar-refractivity contribution is 0.0929. The topological polar surface area (TPSA) is 59.3 Å². The Kier molecular flexibility index (Phi) is 5.43. The number of halogens is 1. The van der Waals surface area contributed by atoms with Crippen LogP contribution in [0.2, 0.25) is 0 Å². The second-order valence-electron chi connectivity index (χ2n) is 8.48. The number of nitrogens with zero attached hydrogens (tertiary/aromatic N) is 3. The molecule has 1 fully saturated rings. The molecule has 5 rings (SSSR count). The molecule has 6 heteroatoms. The fraction of sp³-hybridized carbons (Fsp3) is 0.269. The van der Waals surface area contributed by atoms with Gasteiger partial charge in [-0.2, -0.15) is 5.10 Å². The zero-order valence-electron chi connectivity index (χ0n) is 18.0. The Hall–Kier alpha value is -3.54. The van der Waals surface area contributed by atoms with E-state index in [4.69, 9.17) is 0 Å². The summed E-state index contributed by atoms with van der Waals surface area (Å²) in [4.78, 5) is 17.6. The number of aromatic nitrogens is 3. The zero-order chi connectivity index (χ0) is 22.1. The highest BCUT2D eigenvalue weighted by atomic mass is 19.1. The van der Waals surface area contributed by atoms with Crippen molar-refractivity contribution in [2.45, 2.75) is 45.1 Å². The molecule has 162 valence electrons. The third-order valence-corrected chi connectivity index (χ3v) is 6.26. The normalized spacial score (nSPS) is 14.6. The average molecular weight is 429 g/mol. The van der Waals surface area contributed by atoms with E-state index in [0.29, 0.717) is 11.1 Å². The van der Waals surface area contributed by atoms with Crippen molar-refractivity contribution < 1.29 is 9.18 Å². The van der Waals surface area contributed by atoms with E-state index in [1.807, 2.05) is 36.5 Å². The van der Waals surface area contributed by atoms with E-state index in [-0.39, 0.29) is 17.8 Å².